The molecule has 0 saturated heterocycles. The lowest BCUT2D eigenvalue weighted by Gasteiger charge is -2.05. The highest BCUT2D eigenvalue weighted by Crippen LogP contribution is 2.19. The van der Waals surface area contributed by atoms with Gasteiger partial charge in [-0.05, 0) is 24.6 Å². The minimum Gasteiger partial charge on any atom is -0.337 e. The van der Waals surface area contributed by atoms with E-state index in [1.165, 1.54) is 23.0 Å². The summed E-state index contributed by atoms with van der Waals surface area (Å²) in [6.07, 6.45) is 2.86. The normalized spacial score (nSPS) is 12.3. The smallest absolute Gasteiger partial charge is 0.307 e. The van der Waals surface area contributed by atoms with Crippen molar-refractivity contribution < 1.29 is 13.8 Å². The molecule has 0 aliphatic rings. The van der Waals surface area contributed by atoms with Crippen LogP contribution in [0, 0.1) is 15.9 Å². The van der Waals surface area contributed by atoms with Gasteiger partial charge in [-0.1, -0.05) is 17.3 Å². The Morgan fingerprint density at radius 3 is 2.78 bits per heavy atom. The fraction of sp³-hybridized carbons (Fsp3) is 0.214. The molecule has 0 aliphatic carbocycles. The average molecular weight is 317 g/mol. The average Bonchev–Trinajstić information content (AvgIpc) is 3.18. The van der Waals surface area contributed by atoms with Crippen molar-refractivity contribution in [3.05, 3.63) is 69.9 Å². The molecular formula is C14H12FN5O3. The lowest BCUT2D eigenvalue weighted by atomic mass is 10.1. The first-order valence-corrected chi connectivity index (χ1v) is 6.78. The molecule has 0 spiro atoms. The third-order valence-corrected chi connectivity index (χ3v) is 3.31. The van der Waals surface area contributed by atoms with E-state index < -0.39 is 11.0 Å². The van der Waals surface area contributed by atoms with Crippen LogP contribution in [0.1, 0.15) is 30.2 Å². The molecule has 0 amide bonds. The maximum Gasteiger partial charge on any atom is 0.307 e. The number of hydrogen-bond acceptors (Lipinski definition) is 6. The van der Waals surface area contributed by atoms with E-state index in [1.807, 2.05) is 0 Å². The molecule has 2 aromatic heterocycles. The lowest BCUT2D eigenvalue weighted by Crippen LogP contribution is -2.07. The SMILES string of the molecule is C[C@@H](c1nc(Cc2ccc(F)cc2)no1)n1cc([N+](=O)[O-])cn1. The molecule has 1 atom stereocenters. The zero-order valence-electron chi connectivity index (χ0n) is 12.1. The summed E-state index contributed by atoms with van der Waals surface area (Å²) in [5.74, 6) is 0.427. The third-order valence-electron chi connectivity index (χ3n) is 3.31. The number of nitrogens with zero attached hydrogens (tertiary/aromatic N) is 5. The maximum atomic E-state index is 12.9. The molecule has 1 aromatic carbocycles. The zero-order chi connectivity index (χ0) is 16.4. The second kappa shape index (κ2) is 5.95. The third kappa shape index (κ3) is 3.23. The minimum atomic E-state index is -0.524. The Kier molecular flexibility index (Phi) is 3.83. The molecule has 3 aromatic rings. The van der Waals surface area contributed by atoms with E-state index in [0.717, 1.165) is 11.8 Å². The Bertz CT molecular complexity index is 827. The lowest BCUT2D eigenvalue weighted by molar-refractivity contribution is -0.385. The Morgan fingerprint density at radius 1 is 1.39 bits per heavy atom. The monoisotopic (exact) mass is 317 g/mol. The van der Waals surface area contributed by atoms with Gasteiger partial charge in [0.2, 0.25) is 0 Å². The largest absolute Gasteiger partial charge is 0.337 e. The van der Waals surface area contributed by atoms with Gasteiger partial charge in [0.1, 0.15) is 24.3 Å². The number of nitro groups is 1. The van der Waals surface area contributed by atoms with Gasteiger partial charge in [-0.2, -0.15) is 10.1 Å². The van der Waals surface area contributed by atoms with Crippen molar-refractivity contribution in [2.24, 2.45) is 0 Å². The van der Waals surface area contributed by atoms with Crippen LogP contribution in [0.15, 0.2) is 41.2 Å². The second-order valence-corrected chi connectivity index (χ2v) is 4.96. The van der Waals surface area contributed by atoms with E-state index in [0.29, 0.717) is 18.1 Å². The van der Waals surface area contributed by atoms with E-state index in [1.54, 1.807) is 19.1 Å². The van der Waals surface area contributed by atoms with Crippen molar-refractivity contribution in [3.8, 4) is 0 Å². The highest BCUT2D eigenvalue weighted by Gasteiger charge is 2.19. The quantitative estimate of drug-likeness (QED) is 0.529. The minimum absolute atomic E-state index is 0.108. The van der Waals surface area contributed by atoms with Crippen LogP contribution in [-0.2, 0) is 6.42 Å². The first-order valence-electron chi connectivity index (χ1n) is 6.78. The summed E-state index contributed by atoms with van der Waals surface area (Å²) < 4.78 is 19.4. The Hall–Kier alpha value is -3.10. The molecule has 8 nitrogen and oxygen atoms in total. The molecule has 23 heavy (non-hydrogen) atoms. The molecule has 0 bridgehead atoms. The number of benzene rings is 1. The number of halogens is 1. The van der Waals surface area contributed by atoms with Crippen molar-refractivity contribution in [3.63, 3.8) is 0 Å². The van der Waals surface area contributed by atoms with Crippen LogP contribution in [0.5, 0.6) is 0 Å². The van der Waals surface area contributed by atoms with Crippen LogP contribution in [0.2, 0.25) is 0 Å². The van der Waals surface area contributed by atoms with Crippen LogP contribution in [-0.4, -0.2) is 24.8 Å². The maximum absolute atomic E-state index is 12.9. The molecule has 0 N–H and O–H groups in total. The van der Waals surface area contributed by atoms with Crippen molar-refractivity contribution in [1.29, 1.82) is 0 Å². The zero-order valence-corrected chi connectivity index (χ0v) is 12.1. The van der Waals surface area contributed by atoms with Crippen molar-refractivity contribution in [2.45, 2.75) is 19.4 Å². The summed E-state index contributed by atoms with van der Waals surface area (Å²) in [6, 6.07) is 5.58. The van der Waals surface area contributed by atoms with Crippen LogP contribution >= 0.6 is 0 Å². The van der Waals surface area contributed by atoms with Gasteiger partial charge in [-0.15, -0.1) is 0 Å². The second-order valence-electron chi connectivity index (χ2n) is 4.96. The molecule has 2 heterocycles. The first kappa shape index (κ1) is 14.8. The van der Waals surface area contributed by atoms with Crippen LogP contribution in [0.4, 0.5) is 10.1 Å². The Labute approximate surface area is 129 Å². The number of aromatic nitrogens is 4. The molecule has 9 heteroatoms. The topological polar surface area (TPSA) is 99.9 Å². The molecule has 3 rings (SSSR count). The molecule has 118 valence electrons. The summed E-state index contributed by atoms with van der Waals surface area (Å²) >= 11 is 0. The highest BCUT2D eigenvalue weighted by molar-refractivity contribution is 5.22. The van der Waals surface area contributed by atoms with Crippen LogP contribution < -0.4 is 0 Å². The van der Waals surface area contributed by atoms with Crippen molar-refractivity contribution in [1.82, 2.24) is 19.9 Å². The van der Waals surface area contributed by atoms with Gasteiger partial charge < -0.3 is 4.52 Å². The van der Waals surface area contributed by atoms with E-state index in [-0.39, 0.29) is 11.5 Å². The molecule has 0 saturated carbocycles. The molecule has 0 unspecified atom stereocenters. The summed E-state index contributed by atoms with van der Waals surface area (Å²) in [5.41, 5.74) is 0.740. The van der Waals surface area contributed by atoms with E-state index in [9.17, 15) is 14.5 Å². The Morgan fingerprint density at radius 2 is 2.13 bits per heavy atom. The standard InChI is InChI=1S/C14H12FN5O3/c1-9(19-8-12(7-16-19)20(21)22)14-17-13(18-23-14)6-10-2-4-11(15)5-3-10/h2-5,7-9H,6H2,1H3/t9-/m0/s1. The Balaban J connectivity index is 1.75. The van der Waals surface area contributed by atoms with E-state index in [4.69, 9.17) is 4.52 Å². The van der Waals surface area contributed by atoms with Gasteiger partial charge in [0, 0.05) is 6.42 Å². The summed E-state index contributed by atoms with van der Waals surface area (Å²) in [4.78, 5) is 14.4. The van der Waals surface area contributed by atoms with Gasteiger partial charge in [-0.25, -0.2) is 4.39 Å². The fourth-order valence-corrected chi connectivity index (χ4v) is 2.04. The van der Waals surface area contributed by atoms with Crippen LogP contribution in [0.3, 0.4) is 0 Å². The molecular weight excluding hydrogens is 305 g/mol. The number of hydrogen-bond donors (Lipinski definition) is 0. The van der Waals surface area contributed by atoms with Crippen molar-refractivity contribution in [2.75, 3.05) is 0 Å². The predicted octanol–water partition coefficient (Wildman–Crippen LogP) is 2.51. The first-order chi connectivity index (χ1) is 11.0. The highest BCUT2D eigenvalue weighted by atomic mass is 19.1. The van der Waals surface area contributed by atoms with Crippen LogP contribution in [0.25, 0.3) is 0 Å². The van der Waals surface area contributed by atoms with Gasteiger partial charge in [-0.3, -0.25) is 14.8 Å². The molecule has 0 radical (unpaired) electrons. The van der Waals surface area contributed by atoms with Gasteiger partial charge in [0.25, 0.3) is 5.89 Å². The summed E-state index contributed by atoms with van der Waals surface area (Å²) in [6.45, 7) is 1.74. The molecule has 0 aliphatic heterocycles. The van der Waals surface area contributed by atoms with Gasteiger partial charge in [0.05, 0.1) is 4.92 Å². The molecule has 0 fully saturated rings. The van der Waals surface area contributed by atoms with Crippen molar-refractivity contribution >= 4 is 5.69 Å². The van der Waals surface area contributed by atoms with Gasteiger partial charge in [0.15, 0.2) is 5.82 Å². The fourth-order valence-electron chi connectivity index (χ4n) is 2.04. The van der Waals surface area contributed by atoms with Gasteiger partial charge >= 0.3 is 5.69 Å². The number of rotatable bonds is 5. The van der Waals surface area contributed by atoms with E-state index in [2.05, 4.69) is 15.2 Å². The summed E-state index contributed by atoms with van der Waals surface area (Å²) in [7, 11) is 0. The summed E-state index contributed by atoms with van der Waals surface area (Å²) in [5, 5.41) is 18.5. The van der Waals surface area contributed by atoms with E-state index >= 15 is 0 Å². The predicted molar refractivity (Wildman–Crippen MR) is 76.2 cm³/mol.